The van der Waals surface area contributed by atoms with E-state index >= 15 is 0 Å². The van der Waals surface area contributed by atoms with Crippen LogP contribution < -0.4 is 0 Å². The average Bonchev–Trinajstić information content (AvgIpc) is 2.95. The molecule has 0 aliphatic carbocycles. The standard InChI is InChI=1S/C15H26N2O4/c1-2-3-4-5-6-7-8-9-12-21-15(20)17-11-10-16-13(17)14(18)19/h2-12H2,1H3,(H,18,19). The molecule has 0 aromatic rings. The second-order valence-electron chi connectivity index (χ2n) is 5.25. The number of rotatable bonds is 10. The number of hydrogen-bond acceptors (Lipinski definition) is 4. The second kappa shape index (κ2) is 10.2. The third-order valence-electron chi connectivity index (χ3n) is 3.48. The molecular weight excluding hydrogens is 272 g/mol. The van der Waals surface area contributed by atoms with Crippen molar-refractivity contribution in [1.82, 2.24) is 4.90 Å². The van der Waals surface area contributed by atoms with Crippen LogP contribution in [0.1, 0.15) is 58.3 Å². The Hall–Kier alpha value is -1.59. The van der Waals surface area contributed by atoms with E-state index in [1.807, 2.05) is 0 Å². The molecular formula is C15H26N2O4. The molecule has 21 heavy (non-hydrogen) atoms. The van der Waals surface area contributed by atoms with Crippen LogP contribution in [0.2, 0.25) is 0 Å². The van der Waals surface area contributed by atoms with Gasteiger partial charge in [0.1, 0.15) is 0 Å². The summed E-state index contributed by atoms with van der Waals surface area (Å²) < 4.78 is 5.09. The van der Waals surface area contributed by atoms with Crippen molar-refractivity contribution in [2.45, 2.75) is 58.3 Å². The van der Waals surface area contributed by atoms with Gasteiger partial charge >= 0.3 is 12.1 Å². The summed E-state index contributed by atoms with van der Waals surface area (Å²) in [5.41, 5.74) is 0. The van der Waals surface area contributed by atoms with Gasteiger partial charge < -0.3 is 9.84 Å². The molecule has 0 saturated heterocycles. The summed E-state index contributed by atoms with van der Waals surface area (Å²) in [6, 6.07) is 0. The number of amidine groups is 1. The number of carboxylic acids is 1. The van der Waals surface area contributed by atoms with Crippen LogP contribution in [0.4, 0.5) is 4.79 Å². The van der Waals surface area contributed by atoms with Gasteiger partial charge in [0.05, 0.1) is 19.7 Å². The summed E-state index contributed by atoms with van der Waals surface area (Å²) in [5.74, 6) is -1.40. The second-order valence-corrected chi connectivity index (χ2v) is 5.25. The number of carbonyl (C=O) groups excluding carboxylic acids is 1. The first kappa shape index (κ1) is 17.5. The van der Waals surface area contributed by atoms with Gasteiger partial charge in [-0.05, 0) is 6.42 Å². The number of carbonyl (C=O) groups is 2. The van der Waals surface area contributed by atoms with Crippen molar-refractivity contribution in [3.05, 3.63) is 0 Å². The van der Waals surface area contributed by atoms with E-state index in [4.69, 9.17) is 9.84 Å². The van der Waals surface area contributed by atoms with Crippen LogP contribution >= 0.6 is 0 Å². The molecule has 1 N–H and O–H groups in total. The third-order valence-corrected chi connectivity index (χ3v) is 3.48. The van der Waals surface area contributed by atoms with Crippen molar-refractivity contribution < 1.29 is 19.4 Å². The van der Waals surface area contributed by atoms with Crippen LogP contribution in [0.3, 0.4) is 0 Å². The molecule has 0 aromatic carbocycles. The highest BCUT2D eigenvalue weighted by Gasteiger charge is 2.29. The zero-order chi connectivity index (χ0) is 15.5. The van der Waals surface area contributed by atoms with Crippen molar-refractivity contribution in [2.24, 2.45) is 4.99 Å². The van der Waals surface area contributed by atoms with Gasteiger partial charge in [-0.1, -0.05) is 51.9 Å². The molecule has 0 bridgehead atoms. The quantitative estimate of drug-likeness (QED) is 0.629. The number of amides is 1. The van der Waals surface area contributed by atoms with E-state index in [1.54, 1.807) is 0 Å². The number of carboxylic acid groups (broad SMARTS) is 1. The molecule has 1 rings (SSSR count). The van der Waals surface area contributed by atoms with E-state index in [9.17, 15) is 9.59 Å². The van der Waals surface area contributed by atoms with Crippen LogP contribution in [-0.2, 0) is 9.53 Å². The Morgan fingerprint density at radius 2 is 1.76 bits per heavy atom. The highest BCUT2D eigenvalue weighted by molar-refractivity contribution is 6.37. The summed E-state index contributed by atoms with van der Waals surface area (Å²) in [7, 11) is 0. The molecule has 6 nitrogen and oxygen atoms in total. The average molecular weight is 298 g/mol. The summed E-state index contributed by atoms with van der Waals surface area (Å²) in [6.07, 6.45) is 8.80. The molecule has 0 saturated carbocycles. The molecule has 0 fully saturated rings. The zero-order valence-electron chi connectivity index (χ0n) is 12.8. The first-order valence-corrected chi connectivity index (χ1v) is 7.89. The first-order valence-electron chi connectivity index (χ1n) is 7.89. The molecule has 1 heterocycles. The molecule has 0 radical (unpaired) electrons. The largest absolute Gasteiger partial charge is 0.475 e. The molecule has 1 aliphatic rings. The van der Waals surface area contributed by atoms with Gasteiger partial charge in [-0.15, -0.1) is 0 Å². The van der Waals surface area contributed by atoms with Gasteiger partial charge in [-0.3, -0.25) is 9.89 Å². The Morgan fingerprint density at radius 1 is 1.14 bits per heavy atom. The van der Waals surface area contributed by atoms with E-state index in [0.717, 1.165) is 24.2 Å². The minimum Gasteiger partial charge on any atom is -0.475 e. The predicted octanol–water partition coefficient (Wildman–Crippen LogP) is 3.06. The van der Waals surface area contributed by atoms with Crippen LogP contribution in [0, 0.1) is 0 Å². The lowest BCUT2D eigenvalue weighted by molar-refractivity contribution is -0.130. The molecule has 0 atom stereocenters. The van der Waals surface area contributed by atoms with Gasteiger partial charge in [0, 0.05) is 0 Å². The number of unbranched alkanes of at least 4 members (excludes halogenated alkanes) is 7. The Morgan fingerprint density at radius 3 is 2.38 bits per heavy atom. The smallest absolute Gasteiger partial charge is 0.415 e. The maximum Gasteiger partial charge on any atom is 0.415 e. The first-order chi connectivity index (χ1) is 10.2. The van der Waals surface area contributed by atoms with Gasteiger partial charge in [0.15, 0.2) is 0 Å². The zero-order valence-corrected chi connectivity index (χ0v) is 12.8. The topological polar surface area (TPSA) is 79.2 Å². The number of nitrogens with zero attached hydrogens (tertiary/aromatic N) is 2. The fourth-order valence-corrected chi connectivity index (χ4v) is 2.28. The molecule has 0 aromatic heterocycles. The van der Waals surface area contributed by atoms with E-state index in [-0.39, 0.29) is 12.4 Å². The van der Waals surface area contributed by atoms with Crippen molar-refractivity contribution in [2.75, 3.05) is 19.7 Å². The van der Waals surface area contributed by atoms with Crippen molar-refractivity contribution in [3.8, 4) is 0 Å². The van der Waals surface area contributed by atoms with E-state index in [0.29, 0.717) is 13.2 Å². The van der Waals surface area contributed by atoms with E-state index < -0.39 is 12.1 Å². The SMILES string of the molecule is CCCCCCCCCCOC(=O)N1CCN=C1C(=O)O. The lowest BCUT2D eigenvalue weighted by Gasteiger charge is -2.15. The maximum atomic E-state index is 11.7. The molecule has 1 amide bonds. The Balaban J connectivity index is 2.04. The van der Waals surface area contributed by atoms with Crippen molar-refractivity contribution in [1.29, 1.82) is 0 Å². The lowest BCUT2D eigenvalue weighted by Crippen LogP contribution is -2.39. The summed E-state index contributed by atoms with van der Waals surface area (Å²) >= 11 is 0. The molecule has 120 valence electrons. The summed E-state index contributed by atoms with van der Waals surface area (Å²) in [6.45, 7) is 3.17. The number of aliphatic imine (C=N–C) groups is 1. The molecule has 6 heteroatoms. The van der Waals surface area contributed by atoms with E-state index in [1.165, 1.54) is 32.1 Å². The molecule has 0 unspecified atom stereocenters. The fraction of sp³-hybridized carbons (Fsp3) is 0.800. The molecule has 0 spiro atoms. The summed E-state index contributed by atoms with van der Waals surface area (Å²) in [5, 5.41) is 8.88. The maximum absolute atomic E-state index is 11.7. The van der Waals surface area contributed by atoms with E-state index in [2.05, 4.69) is 11.9 Å². The lowest BCUT2D eigenvalue weighted by atomic mass is 10.1. The Bertz CT molecular complexity index is 369. The van der Waals surface area contributed by atoms with Crippen molar-refractivity contribution in [3.63, 3.8) is 0 Å². The third kappa shape index (κ3) is 6.60. The summed E-state index contributed by atoms with van der Waals surface area (Å²) in [4.78, 5) is 27.4. The van der Waals surface area contributed by atoms with Crippen LogP contribution in [0.5, 0.6) is 0 Å². The molecule has 1 aliphatic heterocycles. The predicted molar refractivity (Wildman–Crippen MR) is 80.6 cm³/mol. The highest BCUT2D eigenvalue weighted by Crippen LogP contribution is 2.09. The van der Waals surface area contributed by atoms with Gasteiger partial charge in [0.25, 0.3) is 0 Å². The fourth-order valence-electron chi connectivity index (χ4n) is 2.28. The minimum absolute atomic E-state index is 0.212. The van der Waals surface area contributed by atoms with Crippen LogP contribution in [-0.4, -0.2) is 47.6 Å². The number of hydrogen-bond donors (Lipinski definition) is 1. The number of aliphatic carboxylic acids is 1. The van der Waals surface area contributed by atoms with Crippen LogP contribution in [0.15, 0.2) is 4.99 Å². The minimum atomic E-state index is -1.18. The Labute approximate surface area is 126 Å². The van der Waals surface area contributed by atoms with Gasteiger partial charge in [0.2, 0.25) is 5.84 Å². The Kier molecular flexibility index (Phi) is 8.47. The highest BCUT2D eigenvalue weighted by atomic mass is 16.6. The van der Waals surface area contributed by atoms with Gasteiger partial charge in [-0.25, -0.2) is 9.59 Å². The van der Waals surface area contributed by atoms with Gasteiger partial charge in [-0.2, -0.15) is 0 Å². The van der Waals surface area contributed by atoms with Crippen molar-refractivity contribution >= 4 is 17.9 Å². The number of ether oxygens (including phenoxy) is 1. The normalized spacial score (nSPS) is 14.1. The van der Waals surface area contributed by atoms with Crippen LogP contribution in [0.25, 0.3) is 0 Å². The monoisotopic (exact) mass is 298 g/mol.